The van der Waals surface area contributed by atoms with Crippen molar-refractivity contribution in [2.75, 3.05) is 46.2 Å². The van der Waals surface area contributed by atoms with Gasteiger partial charge in [0.05, 0.1) is 18.0 Å². The molecule has 0 saturated carbocycles. The first kappa shape index (κ1) is 24.5. The number of ether oxygens (including phenoxy) is 3. The standard InChI is InChI=1S/C22H36N2O6/c25-11-6-16-27-12-2-1-7-21-19-22(30-24-21)10-17-28-14-4-3-13-26-15-5-8-20-9-18-29-23-20/h9,18-19,25H,1-8,10-17H2. The van der Waals surface area contributed by atoms with Crippen molar-refractivity contribution in [3.63, 3.8) is 0 Å². The first-order valence-electron chi connectivity index (χ1n) is 11.1. The molecule has 0 aliphatic heterocycles. The fourth-order valence-corrected chi connectivity index (χ4v) is 2.88. The van der Waals surface area contributed by atoms with E-state index in [2.05, 4.69) is 10.3 Å². The Balaban J connectivity index is 1.34. The lowest BCUT2D eigenvalue weighted by molar-refractivity contribution is 0.101. The molecule has 2 aromatic rings. The summed E-state index contributed by atoms with van der Waals surface area (Å²) in [4.78, 5) is 0. The Kier molecular flexibility index (Phi) is 13.9. The highest BCUT2D eigenvalue weighted by atomic mass is 16.5. The van der Waals surface area contributed by atoms with Crippen LogP contribution in [0.5, 0.6) is 0 Å². The highest BCUT2D eigenvalue weighted by Gasteiger charge is 2.04. The van der Waals surface area contributed by atoms with Crippen LogP contribution in [0.4, 0.5) is 0 Å². The van der Waals surface area contributed by atoms with E-state index in [1.165, 1.54) is 0 Å². The van der Waals surface area contributed by atoms with Crippen LogP contribution in [-0.4, -0.2) is 61.7 Å². The van der Waals surface area contributed by atoms with Gasteiger partial charge < -0.3 is 28.4 Å². The Morgan fingerprint density at radius 3 is 2.10 bits per heavy atom. The summed E-state index contributed by atoms with van der Waals surface area (Å²) in [6.07, 6.45) is 9.79. The molecular weight excluding hydrogens is 388 g/mol. The van der Waals surface area contributed by atoms with Gasteiger partial charge in [-0.1, -0.05) is 10.3 Å². The van der Waals surface area contributed by atoms with Crippen molar-refractivity contribution < 1.29 is 28.4 Å². The largest absolute Gasteiger partial charge is 0.396 e. The lowest BCUT2D eigenvalue weighted by atomic mass is 10.2. The summed E-state index contributed by atoms with van der Waals surface area (Å²) in [7, 11) is 0. The number of aromatic nitrogens is 2. The fourth-order valence-electron chi connectivity index (χ4n) is 2.88. The zero-order chi connectivity index (χ0) is 21.1. The summed E-state index contributed by atoms with van der Waals surface area (Å²) in [5.74, 6) is 0.875. The van der Waals surface area contributed by atoms with Crippen LogP contribution in [-0.2, 0) is 33.5 Å². The average molecular weight is 425 g/mol. The maximum atomic E-state index is 8.68. The molecule has 1 N–H and O–H groups in total. The molecule has 2 rings (SSSR count). The molecule has 30 heavy (non-hydrogen) atoms. The van der Waals surface area contributed by atoms with Crippen LogP contribution in [0.1, 0.15) is 55.7 Å². The lowest BCUT2D eigenvalue weighted by Gasteiger charge is -2.04. The molecule has 0 atom stereocenters. The molecule has 8 heteroatoms. The predicted octanol–water partition coefficient (Wildman–Crippen LogP) is 3.37. The van der Waals surface area contributed by atoms with Crippen molar-refractivity contribution in [2.24, 2.45) is 0 Å². The topological polar surface area (TPSA) is 100.0 Å². The Morgan fingerprint density at radius 2 is 1.37 bits per heavy atom. The summed E-state index contributed by atoms with van der Waals surface area (Å²) >= 11 is 0. The van der Waals surface area contributed by atoms with Crippen LogP contribution in [0.2, 0.25) is 0 Å². The number of rotatable bonds is 20. The van der Waals surface area contributed by atoms with Gasteiger partial charge in [0.2, 0.25) is 0 Å². The van der Waals surface area contributed by atoms with Gasteiger partial charge in [-0.25, -0.2) is 0 Å². The number of hydrogen-bond acceptors (Lipinski definition) is 8. The van der Waals surface area contributed by atoms with Crippen LogP contribution in [0.3, 0.4) is 0 Å². The van der Waals surface area contributed by atoms with Gasteiger partial charge in [-0.3, -0.25) is 0 Å². The highest BCUT2D eigenvalue weighted by Crippen LogP contribution is 2.08. The molecule has 0 aliphatic carbocycles. The van der Waals surface area contributed by atoms with Gasteiger partial charge in [-0.15, -0.1) is 0 Å². The summed E-state index contributed by atoms with van der Waals surface area (Å²) < 4.78 is 26.9. The molecule has 2 heterocycles. The van der Waals surface area contributed by atoms with Gasteiger partial charge in [0, 0.05) is 58.2 Å². The smallest absolute Gasteiger partial charge is 0.139 e. The number of aliphatic hydroxyl groups is 1. The van der Waals surface area contributed by atoms with Crippen molar-refractivity contribution in [3.8, 4) is 0 Å². The maximum Gasteiger partial charge on any atom is 0.139 e. The second-order valence-electron chi connectivity index (χ2n) is 7.21. The SMILES string of the molecule is OCCCOCCCCc1cc(CCOCCCCOCCCc2ccon2)on1. The number of hydrogen-bond donors (Lipinski definition) is 1. The van der Waals surface area contributed by atoms with E-state index >= 15 is 0 Å². The van der Waals surface area contributed by atoms with Crippen molar-refractivity contribution in [1.82, 2.24) is 10.3 Å². The van der Waals surface area contributed by atoms with E-state index < -0.39 is 0 Å². The van der Waals surface area contributed by atoms with Crippen LogP contribution in [0.25, 0.3) is 0 Å². The van der Waals surface area contributed by atoms with Crippen LogP contribution in [0, 0.1) is 0 Å². The van der Waals surface area contributed by atoms with Crippen LogP contribution < -0.4 is 0 Å². The highest BCUT2D eigenvalue weighted by molar-refractivity contribution is 5.05. The minimum Gasteiger partial charge on any atom is -0.396 e. The van der Waals surface area contributed by atoms with E-state index in [4.69, 9.17) is 28.4 Å². The number of aliphatic hydroxyl groups excluding tert-OH is 1. The number of nitrogens with zero attached hydrogens (tertiary/aromatic N) is 2. The molecule has 2 aromatic heterocycles. The minimum absolute atomic E-state index is 0.187. The van der Waals surface area contributed by atoms with Crippen molar-refractivity contribution >= 4 is 0 Å². The molecule has 0 unspecified atom stereocenters. The van der Waals surface area contributed by atoms with E-state index in [0.717, 1.165) is 94.9 Å². The molecule has 0 saturated heterocycles. The van der Waals surface area contributed by atoms with E-state index in [0.29, 0.717) is 19.6 Å². The minimum atomic E-state index is 0.187. The summed E-state index contributed by atoms with van der Waals surface area (Å²) in [6.45, 7) is 4.44. The normalized spacial score (nSPS) is 11.4. The van der Waals surface area contributed by atoms with Gasteiger partial charge >= 0.3 is 0 Å². The maximum absolute atomic E-state index is 8.68. The van der Waals surface area contributed by atoms with E-state index in [1.54, 1.807) is 6.26 Å². The van der Waals surface area contributed by atoms with Gasteiger partial charge in [0.1, 0.15) is 12.0 Å². The quantitative estimate of drug-likeness (QED) is 0.323. The monoisotopic (exact) mass is 424 g/mol. The molecule has 0 aromatic carbocycles. The van der Waals surface area contributed by atoms with Crippen LogP contribution >= 0.6 is 0 Å². The third-order valence-corrected chi connectivity index (χ3v) is 4.56. The van der Waals surface area contributed by atoms with Crippen molar-refractivity contribution in [2.45, 2.75) is 57.8 Å². The molecule has 0 spiro atoms. The molecule has 0 amide bonds. The zero-order valence-electron chi connectivity index (χ0n) is 17.9. The molecule has 0 fully saturated rings. The average Bonchev–Trinajstić information content (AvgIpc) is 3.43. The lowest BCUT2D eigenvalue weighted by Crippen LogP contribution is -2.03. The second-order valence-corrected chi connectivity index (χ2v) is 7.21. The van der Waals surface area contributed by atoms with Gasteiger partial charge in [0.25, 0.3) is 0 Å². The molecule has 170 valence electrons. The molecule has 0 radical (unpaired) electrons. The Morgan fingerprint density at radius 1 is 0.700 bits per heavy atom. The fraction of sp³-hybridized carbons (Fsp3) is 0.727. The van der Waals surface area contributed by atoms with Gasteiger partial charge in [-0.2, -0.15) is 0 Å². The first-order chi connectivity index (χ1) is 14.9. The van der Waals surface area contributed by atoms with Crippen LogP contribution in [0.15, 0.2) is 27.4 Å². The van der Waals surface area contributed by atoms with Gasteiger partial charge in [0.15, 0.2) is 0 Å². The second kappa shape index (κ2) is 17.0. The predicted molar refractivity (Wildman–Crippen MR) is 111 cm³/mol. The Hall–Kier alpha value is -1.74. The first-order valence-corrected chi connectivity index (χ1v) is 11.1. The molecule has 0 bridgehead atoms. The summed E-state index contributed by atoms with van der Waals surface area (Å²) in [5, 5.41) is 16.7. The van der Waals surface area contributed by atoms with E-state index in [9.17, 15) is 0 Å². The Bertz CT molecular complexity index is 617. The zero-order valence-corrected chi connectivity index (χ0v) is 17.9. The summed E-state index contributed by atoms with van der Waals surface area (Å²) in [6, 6.07) is 3.90. The molecule has 8 nitrogen and oxygen atoms in total. The molecular formula is C22H36N2O6. The summed E-state index contributed by atoms with van der Waals surface area (Å²) in [5.41, 5.74) is 1.96. The van der Waals surface area contributed by atoms with E-state index in [-0.39, 0.29) is 6.61 Å². The number of aryl methyl sites for hydroxylation is 2. The number of unbranched alkanes of at least 4 members (excludes halogenated alkanes) is 2. The van der Waals surface area contributed by atoms with Gasteiger partial charge in [-0.05, 0) is 51.4 Å². The third-order valence-electron chi connectivity index (χ3n) is 4.56. The van der Waals surface area contributed by atoms with Crippen molar-refractivity contribution in [3.05, 3.63) is 35.5 Å². The Labute approximate surface area is 178 Å². The molecule has 0 aliphatic rings. The third kappa shape index (κ3) is 12.1. The van der Waals surface area contributed by atoms with E-state index in [1.807, 2.05) is 12.1 Å². The van der Waals surface area contributed by atoms with Crippen molar-refractivity contribution in [1.29, 1.82) is 0 Å².